The normalized spacial score (nSPS) is 42.8. The molecule has 0 saturated heterocycles. The largest absolute Gasteiger partial charge is 0.468 e. The van der Waals surface area contributed by atoms with Crippen molar-refractivity contribution < 1.29 is 19.1 Å². The SMILES string of the molecule is COC(=O)C(CCC1CCC2C3CCC4CCCCC4(C)C3CCC12C)C(=O)OC. The molecule has 0 aromatic carbocycles. The summed E-state index contributed by atoms with van der Waals surface area (Å²) in [5.74, 6) is 2.55. The van der Waals surface area contributed by atoms with E-state index in [2.05, 4.69) is 13.8 Å². The lowest BCUT2D eigenvalue weighted by molar-refractivity contribution is -0.159. The quantitative estimate of drug-likeness (QED) is 0.420. The third kappa shape index (κ3) is 3.50. The molecule has 0 N–H and O–H groups in total. The maximum atomic E-state index is 12.1. The molecule has 0 aliphatic heterocycles. The van der Waals surface area contributed by atoms with Crippen molar-refractivity contribution in [2.45, 2.75) is 90.9 Å². The molecular formula is C26H42O4. The van der Waals surface area contributed by atoms with Crippen LogP contribution in [0.5, 0.6) is 0 Å². The number of hydrogen-bond donors (Lipinski definition) is 0. The van der Waals surface area contributed by atoms with Crippen LogP contribution in [0.2, 0.25) is 0 Å². The van der Waals surface area contributed by atoms with E-state index in [0.29, 0.717) is 23.2 Å². The van der Waals surface area contributed by atoms with E-state index in [-0.39, 0.29) is 0 Å². The zero-order chi connectivity index (χ0) is 21.5. The first-order valence-electron chi connectivity index (χ1n) is 12.5. The standard InChI is InChI=1S/C26H42O4/c1-25-15-6-5-7-17(25)8-11-19-21-13-10-18(26(21,2)16-14-22(19)25)9-12-20(23(27)29-3)24(28)30-4/h17-22H,5-16H2,1-4H3. The number of hydrogen-bond acceptors (Lipinski definition) is 4. The molecule has 4 aliphatic carbocycles. The van der Waals surface area contributed by atoms with Crippen LogP contribution in [0.15, 0.2) is 0 Å². The Morgan fingerprint density at radius 2 is 1.53 bits per heavy atom. The first-order chi connectivity index (χ1) is 14.3. The minimum absolute atomic E-state index is 0.371. The Hall–Kier alpha value is -1.06. The van der Waals surface area contributed by atoms with Gasteiger partial charge in [0.2, 0.25) is 0 Å². The van der Waals surface area contributed by atoms with Crippen LogP contribution in [0.25, 0.3) is 0 Å². The number of rotatable bonds is 5. The van der Waals surface area contributed by atoms with Crippen LogP contribution in [-0.2, 0) is 19.1 Å². The van der Waals surface area contributed by atoms with E-state index in [9.17, 15) is 9.59 Å². The average molecular weight is 419 g/mol. The lowest BCUT2D eigenvalue weighted by atomic mass is 9.45. The van der Waals surface area contributed by atoms with E-state index in [1.54, 1.807) is 0 Å². The van der Waals surface area contributed by atoms with Gasteiger partial charge in [0.1, 0.15) is 0 Å². The van der Waals surface area contributed by atoms with Gasteiger partial charge in [-0.3, -0.25) is 9.59 Å². The van der Waals surface area contributed by atoms with Crippen LogP contribution in [0.1, 0.15) is 90.9 Å². The summed E-state index contributed by atoms with van der Waals surface area (Å²) in [5, 5.41) is 0. The van der Waals surface area contributed by atoms with Crippen molar-refractivity contribution in [2.75, 3.05) is 14.2 Å². The molecule has 4 fully saturated rings. The second-order valence-corrected chi connectivity index (χ2v) is 11.4. The van der Waals surface area contributed by atoms with Crippen molar-refractivity contribution in [1.29, 1.82) is 0 Å². The van der Waals surface area contributed by atoms with Gasteiger partial charge in [-0.25, -0.2) is 0 Å². The summed E-state index contributed by atoms with van der Waals surface area (Å²) >= 11 is 0. The van der Waals surface area contributed by atoms with Gasteiger partial charge in [0, 0.05) is 0 Å². The Morgan fingerprint density at radius 1 is 0.833 bits per heavy atom. The van der Waals surface area contributed by atoms with Crippen LogP contribution in [0, 0.1) is 46.3 Å². The molecule has 4 aliphatic rings. The van der Waals surface area contributed by atoms with E-state index in [0.717, 1.165) is 30.1 Å². The summed E-state index contributed by atoms with van der Waals surface area (Å²) in [6.07, 6.45) is 15.5. The topological polar surface area (TPSA) is 52.6 Å². The molecule has 0 aromatic heterocycles. The Bertz CT molecular complexity index is 643. The fourth-order valence-corrected chi connectivity index (χ4v) is 8.86. The van der Waals surface area contributed by atoms with Crippen LogP contribution >= 0.6 is 0 Å². The maximum absolute atomic E-state index is 12.1. The number of ether oxygens (including phenoxy) is 2. The van der Waals surface area contributed by atoms with Gasteiger partial charge >= 0.3 is 11.9 Å². The minimum atomic E-state index is -0.768. The van der Waals surface area contributed by atoms with Gasteiger partial charge in [-0.1, -0.05) is 26.7 Å². The second kappa shape index (κ2) is 8.47. The number of methoxy groups -OCH3 is 2. The van der Waals surface area contributed by atoms with Gasteiger partial charge in [-0.05, 0) is 105 Å². The summed E-state index contributed by atoms with van der Waals surface area (Å²) < 4.78 is 9.75. The highest BCUT2D eigenvalue weighted by molar-refractivity contribution is 5.94. The summed E-state index contributed by atoms with van der Waals surface area (Å²) in [6.45, 7) is 5.17. The summed E-state index contributed by atoms with van der Waals surface area (Å²) in [6, 6.07) is 0. The summed E-state index contributed by atoms with van der Waals surface area (Å²) in [4.78, 5) is 24.2. The van der Waals surface area contributed by atoms with Crippen molar-refractivity contribution in [1.82, 2.24) is 0 Å². The molecule has 0 heterocycles. The molecule has 30 heavy (non-hydrogen) atoms. The molecule has 0 aromatic rings. The molecule has 4 nitrogen and oxygen atoms in total. The molecule has 7 unspecified atom stereocenters. The number of esters is 2. The van der Waals surface area contributed by atoms with Crippen molar-refractivity contribution in [3.8, 4) is 0 Å². The lowest BCUT2D eigenvalue weighted by Crippen LogP contribution is -2.52. The zero-order valence-electron chi connectivity index (χ0n) is 19.6. The summed E-state index contributed by atoms with van der Waals surface area (Å²) in [7, 11) is 2.71. The molecule has 4 saturated carbocycles. The van der Waals surface area contributed by atoms with Crippen LogP contribution in [-0.4, -0.2) is 26.2 Å². The van der Waals surface area contributed by atoms with Crippen molar-refractivity contribution >= 4 is 11.9 Å². The van der Waals surface area contributed by atoms with E-state index in [4.69, 9.17) is 9.47 Å². The van der Waals surface area contributed by atoms with E-state index < -0.39 is 17.9 Å². The molecule has 7 atom stereocenters. The van der Waals surface area contributed by atoms with Gasteiger partial charge in [-0.15, -0.1) is 0 Å². The lowest BCUT2D eigenvalue weighted by Gasteiger charge is -2.60. The Balaban J connectivity index is 1.46. The highest BCUT2D eigenvalue weighted by atomic mass is 16.5. The first kappa shape index (κ1) is 22.1. The zero-order valence-corrected chi connectivity index (χ0v) is 19.6. The van der Waals surface area contributed by atoms with Crippen LogP contribution < -0.4 is 0 Å². The highest BCUT2D eigenvalue weighted by Crippen LogP contribution is 2.67. The fraction of sp³-hybridized carbons (Fsp3) is 0.923. The minimum Gasteiger partial charge on any atom is -0.468 e. The van der Waals surface area contributed by atoms with Crippen LogP contribution in [0.3, 0.4) is 0 Å². The molecule has 4 heteroatoms. The van der Waals surface area contributed by atoms with Gasteiger partial charge in [0.25, 0.3) is 0 Å². The highest BCUT2D eigenvalue weighted by Gasteiger charge is 2.59. The predicted octanol–water partition coefficient (Wildman–Crippen LogP) is 5.78. The van der Waals surface area contributed by atoms with Crippen LogP contribution in [0.4, 0.5) is 0 Å². The van der Waals surface area contributed by atoms with Crippen molar-refractivity contribution in [3.63, 3.8) is 0 Å². The Kier molecular flexibility index (Phi) is 6.25. The van der Waals surface area contributed by atoms with E-state index in [1.807, 2.05) is 0 Å². The fourth-order valence-electron chi connectivity index (χ4n) is 8.86. The molecular weight excluding hydrogens is 376 g/mol. The number of carbonyl (C=O) groups is 2. The van der Waals surface area contributed by atoms with Gasteiger partial charge in [0.15, 0.2) is 5.92 Å². The third-order valence-electron chi connectivity index (χ3n) is 10.6. The number of fused-ring (bicyclic) bond motifs is 5. The van der Waals surface area contributed by atoms with Gasteiger partial charge in [0.05, 0.1) is 14.2 Å². The van der Waals surface area contributed by atoms with Crippen molar-refractivity contribution in [2.24, 2.45) is 46.3 Å². The smallest absolute Gasteiger partial charge is 0.320 e. The Labute approximate surface area is 182 Å². The summed E-state index contributed by atoms with van der Waals surface area (Å²) in [5.41, 5.74) is 0.956. The number of carbonyl (C=O) groups excluding carboxylic acids is 2. The molecule has 0 radical (unpaired) electrons. The van der Waals surface area contributed by atoms with Crippen molar-refractivity contribution in [3.05, 3.63) is 0 Å². The molecule has 0 bridgehead atoms. The molecule has 170 valence electrons. The van der Waals surface area contributed by atoms with E-state index >= 15 is 0 Å². The predicted molar refractivity (Wildman–Crippen MR) is 117 cm³/mol. The first-order valence-corrected chi connectivity index (χ1v) is 12.5. The van der Waals surface area contributed by atoms with E-state index in [1.165, 1.54) is 78.4 Å². The Morgan fingerprint density at radius 3 is 2.23 bits per heavy atom. The molecule has 0 amide bonds. The third-order valence-corrected chi connectivity index (χ3v) is 10.6. The molecule has 0 spiro atoms. The second-order valence-electron chi connectivity index (χ2n) is 11.4. The maximum Gasteiger partial charge on any atom is 0.320 e. The monoisotopic (exact) mass is 418 g/mol. The van der Waals surface area contributed by atoms with Gasteiger partial charge < -0.3 is 9.47 Å². The molecule has 4 rings (SSSR count). The average Bonchev–Trinajstić information content (AvgIpc) is 3.09. The van der Waals surface area contributed by atoms with Gasteiger partial charge in [-0.2, -0.15) is 0 Å².